The fourth-order valence-electron chi connectivity index (χ4n) is 2.18. The van der Waals surface area contributed by atoms with Crippen molar-refractivity contribution in [3.63, 3.8) is 0 Å². The van der Waals surface area contributed by atoms with E-state index in [-0.39, 0.29) is 0 Å². The molecule has 2 N–H and O–H groups in total. The zero-order valence-electron chi connectivity index (χ0n) is 13.6. The van der Waals surface area contributed by atoms with Gasteiger partial charge in [0.05, 0.1) is 11.4 Å². The van der Waals surface area contributed by atoms with E-state index in [2.05, 4.69) is 33.0 Å². The highest BCUT2D eigenvalue weighted by atomic mass is 32.1. The molecule has 4 nitrogen and oxygen atoms in total. The maximum absolute atomic E-state index is 5.32. The standard InChI is InChI=1S/C20H18N4S/c25-20(21-15-16-7-3-1-4-8-16)22-17-11-13-19(14-12-17)24-23-18-9-5-2-6-10-18/h1-14H,15H2,(H2,21,22,25). The minimum Gasteiger partial charge on any atom is -0.358 e. The number of thiocarbonyl (C=S) groups is 1. The zero-order chi connectivity index (χ0) is 17.3. The number of benzene rings is 3. The monoisotopic (exact) mass is 346 g/mol. The van der Waals surface area contributed by atoms with Crippen LogP contribution in [0, 0.1) is 0 Å². The lowest BCUT2D eigenvalue weighted by atomic mass is 10.2. The van der Waals surface area contributed by atoms with Crippen molar-refractivity contribution < 1.29 is 0 Å². The van der Waals surface area contributed by atoms with E-state index >= 15 is 0 Å². The van der Waals surface area contributed by atoms with Gasteiger partial charge in [-0.05, 0) is 54.2 Å². The summed E-state index contributed by atoms with van der Waals surface area (Å²) in [5.41, 5.74) is 3.71. The lowest BCUT2D eigenvalue weighted by molar-refractivity contribution is 0.926. The van der Waals surface area contributed by atoms with Gasteiger partial charge >= 0.3 is 0 Å². The summed E-state index contributed by atoms with van der Waals surface area (Å²) in [5, 5.41) is 15.4. The van der Waals surface area contributed by atoms with E-state index in [1.807, 2.05) is 72.8 Å². The maximum atomic E-state index is 5.32. The Hall–Kier alpha value is -3.05. The van der Waals surface area contributed by atoms with Crippen LogP contribution in [0.4, 0.5) is 17.1 Å². The van der Waals surface area contributed by atoms with Crippen LogP contribution in [-0.4, -0.2) is 5.11 Å². The summed E-state index contributed by atoms with van der Waals surface area (Å²) in [4.78, 5) is 0. The van der Waals surface area contributed by atoms with Gasteiger partial charge in [0.15, 0.2) is 5.11 Å². The summed E-state index contributed by atoms with van der Waals surface area (Å²) in [5.74, 6) is 0. The first-order valence-electron chi connectivity index (χ1n) is 7.95. The quantitative estimate of drug-likeness (QED) is 0.468. The van der Waals surface area contributed by atoms with Gasteiger partial charge in [0.2, 0.25) is 0 Å². The topological polar surface area (TPSA) is 48.8 Å². The molecule has 3 rings (SSSR count). The molecule has 0 aliphatic rings. The number of nitrogens with one attached hydrogen (secondary N) is 2. The van der Waals surface area contributed by atoms with Crippen LogP contribution in [0.2, 0.25) is 0 Å². The molecule has 0 atom stereocenters. The maximum Gasteiger partial charge on any atom is 0.171 e. The molecule has 5 heteroatoms. The Kier molecular flexibility index (Phi) is 5.85. The Bertz CT molecular complexity index is 831. The fraction of sp³-hybridized carbons (Fsp3) is 0.0500. The van der Waals surface area contributed by atoms with Crippen molar-refractivity contribution in [3.8, 4) is 0 Å². The van der Waals surface area contributed by atoms with E-state index in [0.717, 1.165) is 17.1 Å². The Balaban J connectivity index is 1.52. The number of nitrogens with zero attached hydrogens (tertiary/aromatic N) is 2. The molecule has 0 saturated carbocycles. The summed E-state index contributed by atoms with van der Waals surface area (Å²) in [6.07, 6.45) is 0. The van der Waals surface area contributed by atoms with E-state index in [1.165, 1.54) is 5.56 Å². The third kappa shape index (κ3) is 5.51. The highest BCUT2D eigenvalue weighted by molar-refractivity contribution is 7.80. The summed E-state index contributed by atoms with van der Waals surface area (Å²) < 4.78 is 0. The second-order valence-corrected chi connectivity index (χ2v) is 5.78. The van der Waals surface area contributed by atoms with Gasteiger partial charge in [0.25, 0.3) is 0 Å². The van der Waals surface area contributed by atoms with Crippen LogP contribution >= 0.6 is 12.2 Å². The molecule has 0 aliphatic carbocycles. The van der Waals surface area contributed by atoms with Gasteiger partial charge in [-0.2, -0.15) is 10.2 Å². The Labute approximate surface area is 152 Å². The molecule has 0 spiro atoms. The average molecular weight is 346 g/mol. The SMILES string of the molecule is S=C(NCc1ccccc1)Nc1ccc(N=Nc2ccccc2)cc1. The van der Waals surface area contributed by atoms with Gasteiger partial charge in [-0.3, -0.25) is 0 Å². The van der Waals surface area contributed by atoms with E-state index in [0.29, 0.717) is 11.7 Å². The van der Waals surface area contributed by atoms with Crippen LogP contribution in [0.25, 0.3) is 0 Å². The van der Waals surface area contributed by atoms with Gasteiger partial charge in [-0.25, -0.2) is 0 Å². The number of anilines is 1. The van der Waals surface area contributed by atoms with E-state index in [4.69, 9.17) is 12.2 Å². The van der Waals surface area contributed by atoms with Crippen molar-refractivity contribution in [2.24, 2.45) is 10.2 Å². The number of hydrogen-bond acceptors (Lipinski definition) is 3. The molecule has 3 aromatic rings. The summed E-state index contributed by atoms with van der Waals surface area (Å²) in [7, 11) is 0. The minimum atomic E-state index is 0.586. The number of hydrogen-bond donors (Lipinski definition) is 2. The molecule has 0 unspecified atom stereocenters. The van der Waals surface area contributed by atoms with Gasteiger partial charge in [-0.1, -0.05) is 48.5 Å². The van der Waals surface area contributed by atoms with Gasteiger partial charge in [0.1, 0.15) is 0 Å². The molecule has 0 heterocycles. The molecule has 124 valence electrons. The molecule has 25 heavy (non-hydrogen) atoms. The number of azo groups is 1. The molecule has 0 amide bonds. The van der Waals surface area contributed by atoms with E-state index < -0.39 is 0 Å². The van der Waals surface area contributed by atoms with Crippen LogP contribution in [0.15, 0.2) is 95.2 Å². The largest absolute Gasteiger partial charge is 0.358 e. The van der Waals surface area contributed by atoms with Crippen molar-refractivity contribution in [2.45, 2.75) is 6.54 Å². The highest BCUT2D eigenvalue weighted by Crippen LogP contribution is 2.19. The Morgan fingerprint density at radius 2 is 1.28 bits per heavy atom. The first-order valence-corrected chi connectivity index (χ1v) is 8.36. The lowest BCUT2D eigenvalue weighted by Crippen LogP contribution is -2.27. The third-order valence-corrected chi connectivity index (χ3v) is 3.70. The second kappa shape index (κ2) is 8.70. The predicted molar refractivity (Wildman–Crippen MR) is 107 cm³/mol. The Morgan fingerprint density at radius 3 is 1.92 bits per heavy atom. The van der Waals surface area contributed by atoms with Crippen LogP contribution < -0.4 is 10.6 Å². The van der Waals surface area contributed by atoms with Crippen molar-refractivity contribution >= 4 is 34.4 Å². The van der Waals surface area contributed by atoms with Crippen molar-refractivity contribution in [1.29, 1.82) is 0 Å². The van der Waals surface area contributed by atoms with E-state index in [9.17, 15) is 0 Å². The average Bonchev–Trinajstić information content (AvgIpc) is 2.67. The van der Waals surface area contributed by atoms with Gasteiger partial charge in [-0.15, -0.1) is 0 Å². The minimum absolute atomic E-state index is 0.586. The number of rotatable bonds is 5. The molecule has 0 bridgehead atoms. The third-order valence-electron chi connectivity index (χ3n) is 3.46. The molecular weight excluding hydrogens is 328 g/mol. The lowest BCUT2D eigenvalue weighted by Gasteiger charge is -2.10. The first-order chi connectivity index (χ1) is 12.3. The summed E-state index contributed by atoms with van der Waals surface area (Å²) >= 11 is 5.32. The molecule has 0 aliphatic heterocycles. The van der Waals surface area contributed by atoms with E-state index in [1.54, 1.807) is 0 Å². The van der Waals surface area contributed by atoms with Crippen LogP contribution in [-0.2, 0) is 6.54 Å². The predicted octanol–water partition coefficient (Wildman–Crippen LogP) is 5.59. The smallest absolute Gasteiger partial charge is 0.171 e. The van der Waals surface area contributed by atoms with Crippen LogP contribution in [0.1, 0.15) is 5.56 Å². The van der Waals surface area contributed by atoms with Crippen molar-refractivity contribution in [3.05, 3.63) is 90.5 Å². The molecule has 0 fully saturated rings. The van der Waals surface area contributed by atoms with Crippen LogP contribution in [0.5, 0.6) is 0 Å². The fourth-order valence-corrected chi connectivity index (χ4v) is 2.37. The Morgan fingerprint density at radius 1 is 0.720 bits per heavy atom. The molecule has 0 radical (unpaired) electrons. The molecular formula is C20H18N4S. The molecule has 0 saturated heterocycles. The second-order valence-electron chi connectivity index (χ2n) is 5.38. The van der Waals surface area contributed by atoms with Crippen molar-refractivity contribution in [1.82, 2.24) is 5.32 Å². The molecule has 3 aromatic carbocycles. The highest BCUT2D eigenvalue weighted by Gasteiger charge is 1.98. The summed E-state index contributed by atoms with van der Waals surface area (Å²) in [6.45, 7) is 0.691. The summed E-state index contributed by atoms with van der Waals surface area (Å²) in [6, 6.07) is 27.4. The zero-order valence-corrected chi connectivity index (χ0v) is 14.4. The van der Waals surface area contributed by atoms with Gasteiger partial charge < -0.3 is 10.6 Å². The first kappa shape index (κ1) is 16.8. The van der Waals surface area contributed by atoms with Crippen LogP contribution in [0.3, 0.4) is 0 Å². The van der Waals surface area contributed by atoms with Gasteiger partial charge in [0, 0.05) is 12.2 Å². The molecule has 0 aromatic heterocycles. The van der Waals surface area contributed by atoms with Crippen molar-refractivity contribution in [2.75, 3.05) is 5.32 Å². The normalized spacial score (nSPS) is 10.6.